The number of nitrogens with one attached hydrogen (secondary N) is 2. The smallest absolute Gasteiger partial charge is 0.409 e. The Morgan fingerprint density at radius 2 is 1.30 bits per heavy atom. The number of carbonyl (C=O) groups excluding carboxylic acids is 2. The van der Waals surface area contributed by atoms with Crippen LogP contribution in [0.3, 0.4) is 0 Å². The fraction of sp³-hybridized carbons (Fsp3) is 0.846. The van der Waals surface area contributed by atoms with Gasteiger partial charge in [0.1, 0.15) is 11.2 Å². The Kier molecular flexibility index (Phi) is 5.83. The third-order valence-electron chi connectivity index (χ3n) is 1.75. The molecule has 0 saturated heterocycles. The fourth-order valence-corrected chi connectivity index (χ4v) is 1.13. The minimum absolute atomic E-state index is 0.207. The Morgan fingerprint density at radius 1 is 0.900 bits per heavy atom. The third kappa shape index (κ3) is 10.4. The van der Waals surface area contributed by atoms with Crippen LogP contribution >= 0.6 is 0 Å². The molecule has 0 radical (unpaired) electrons. The molecule has 20 heavy (non-hydrogen) atoms. The maximum absolute atomic E-state index is 11.5. The Balaban J connectivity index is 4.26. The Morgan fingerprint density at radius 3 is 1.70 bits per heavy atom. The molecule has 3 N–H and O–H groups in total. The first-order valence-electron chi connectivity index (χ1n) is 6.41. The number of carbonyl (C=O) groups is 2. The van der Waals surface area contributed by atoms with Crippen molar-refractivity contribution in [3.8, 4) is 0 Å². The molecule has 7 heteroatoms. The summed E-state index contributed by atoms with van der Waals surface area (Å²) in [5.74, 6) is 0. The molecule has 0 aromatic carbocycles. The van der Waals surface area contributed by atoms with Crippen molar-refractivity contribution >= 4 is 12.2 Å². The molecular formula is C13H26N2O5. The second-order valence-corrected chi connectivity index (χ2v) is 6.76. The van der Waals surface area contributed by atoms with Crippen molar-refractivity contribution < 1.29 is 24.2 Å². The van der Waals surface area contributed by atoms with E-state index in [1.54, 1.807) is 41.5 Å². The molecule has 0 aromatic rings. The molecule has 0 rings (SSSR count). The number of ether oxygens (including phenoxy) is 2. The third-order valence-corrected chi connectivity index (χ3v) is 1.75. The van der Waals surface area contributed by atoms with Crippen LogP contribution in [0, 0.1) is 0 Å². The number of rotatable bonds is 3. The number of aliphatic hydroxyl groups is 1. The standard InChI is InChI=1S/C13H26N2O5/c1-11(2,3)19-9(16)14-8-13(7,18)15-10(17)20-12(4,5)6/h18H,8H2,1-7H3,(H,14,16)(H,15,17). The van der Waals surface area contributed by atoms with E-state index in [9.17, 15) is 14.7 Å². The Hall–Kier alpha value is -1.50. The summed E-state index contributed by atoms with van der Waals surface area (Å²) in [6.07, 6.45) is -1.45. The van der Waals surface area contributed by atoms with Crippen molar-refractivity contribution in [1.29, 1.82) is 0 Å². The van der Waals surface area contributed by atoms with Gasteiger partial charge in [-0.15, -0.1) is 0 Å². The summed E-state index contributed by atoms with van der Waals surface area (Å²) in [5, 5.41) is 14.6. The van der Waals surface area contributed by atoms with Gasteiger partial charge in [0.05, 0.1) is 6.54 Å². The predicted octanol–water partition coefficient (Wildman–Crippen LogP) is 1.74. The zero-order chi connectivity index (χ0) is 16.2. The van der Waals surface area contributed by atoms with Crippen molar-refractivity contribution in [1.82, 2.24) is 10.6 Å². The van der Waals surface area contributed by atoms with E-state index in [1.807, 2.05) is 0 Å². The second-order valence-electron chi connectivity index (χ2n) is 6.76. The highest BCUT2D eigenvalue weighted by Gasteiger charge is 2.27. The molecule has 0 aliphatic carbocycles. The van der Waals surface area contributed by atoms with Gasteiger partial charge in [-0.1, -0.05) is 0 Å². The average molecular weight is 290 g/mol. The van der Waals surface area contributed by atoms with Gasteiger partial charge in [0.25, 0.3) is 0 Å². The molecule has 7 nitrogen and oxygen atoms in total. The van der Waals surface area contributed by atoms with Crippen LogP contribution in [0.1, 0.15) is 48.5 Å². The molecule has 118 valence electrons. The van der Waals surface area contributed by atoms with Crippen LogP contribution in [0.4, 0.5) is 9.59 Å². The largest absolute Gasteiger partial charge is 0.444 e. The van der Waals surface area contributed by atoms with Gasteiger partial charge in [-0.25, -0.2) is 9.59 Å². The Labute approximate surface area is 120 Å². The first-order valence-corrected chi connectivity index (χ1v) is 6.41. The lowest BCUT2D eigenvalue weighted by atomic mass is 10.2. The summed E-state index contributed by atoms with van der Waals surface area (Å²) in [6.45, 7) is 11.4. The highest BCUT2D eigenvalue weighted by Crippen LogP contribution is 2.09. The van der Waals surface area contributed by atoms with Gasteiger partial charge in [0, 0.05) is 0 Å². The van der Waals surface area contributed by atoms with E-state index < -0.39 is 29.1 Å². The van der Waals surface area contributed by atoms with E-state index >= 15 is 0 Å². The molecule has 0 aliphatic rings. The van der Waals surface area contributed by atoms with Crippen LogP contribution in [0.25, 0.3) is 0 Å². The molecule has 2 amide bonds. The van der Waals surface area contributed by atoms with E-state index in [0.29, 0.717) is 0 Å². The van der Waals surface area contributed by atoms with Crippen LogP contribution in [0.2, 0.25) is 0 Å². The fourth-order valence-electron chi connectivity index (χ4n) is 1.13. The number of hydrogen-bond donors (Lipinski definition) is 3. The monoisotopic (exact) mass is 290 g/mol. The molecule has 0 aromatic heterocycles. The van der Waals surface area contributed by atoms with Gasteiger partial charge < -0.3 is 19.9 Å². The summed E-state index contributed by atoms with van der Waals surface area (Å²) in [5.41, 5.74) is -2.94. The highest BCUT2D eigenvalue weighted by molar-refractivity contribution is 5.69. The van der Waals surface area contributed by atoms with Crippen LogP contribution in [-0.4, -0.2) is 40.8 Å². The predicted molar refractivity (Wildman–Crippen MR) is 74.2 cm³/mol. The SMILES string of the molecule is CC(O)(CNC(=O)OC(C)(C)C)NC(=O)OC(C)(C)C. The van der Waals surface area contributed by atoms with Gasteiger partial charge in [0.15, 0.2) is 5.72 Å². The first-order chi connectivity index (χ1) is 8.70. The van der Waals surface area contributed by atoms with Gasteiger partial charge >= 0.3 is 12.2 Å². The highest BCUT2D eigenvalue weighted by atomic mass is 16.6. The van der Waals surface area contributed by atoms with Gasteiger partial charge in [-0.2, -0.15) is 0 Å². The molecule has 1 unspecified atom stereocenters. The number of hydrogen-bond acceptors (Lipinski definition) is 5. The van der Waals surface area contributed by atoms with Crippen molar-refractivity contribution in [2.75, 3.05) is 6.54 Å². The molecule has 0 bridgehead atoms. The van der Waals surface area contributed by atoms with E-state index in [2.05, 4.69) is 10.6 Å². The maximum Gasteiger partial charge on any atom is 0.409 e. The van der Waals surface area contributed by atoms with Crippen molar-refractivity contribution in [2.24, 2.45) is 0 Å². The molecule has 1 atom stereocenters. The van der Waals surface area contributed by atoms with Gasteiger partial charge in [0.2, 0.25) is 0 Å². The van der Waals surface area contributed by atoms with Crippen molar-refractivity contribution in [2.45, 2.75) is 65.4 Å². The normalized spacial score (nSPS) is 15.0. The number of amides is 2. The quantitative estimate of drug-likeness (QED) is 0.688. The maximum atomic E-state index is 11.5. The van der Waals surface area contributed by atoms with Crippen LogP contribution in [0.15, 0.2) is 0 Å². The summed E-state index contributed by atoms with van der Waals surface area (Å²) in [4.78, 5) is 22.9. The van der Waals surface area contributed by atoms with Crippen LogP contribution in [-0.2, 0) is 9.47 Å². The topological polar surface area (TPSA) is 96.9 Å². The zero-order valence-electron chi connectivity index (χ0n) is 13.3. The zero-order valence-corrected chi connectivity index (χ0v) is 13.3. The van der Waals surface area contributed by atoms with Crippen molar-refractivity contribution in [3.05, 3.63) is 0 Å². The van der Waals surface area contributed by atoms with Gasteiger partial charge in [-0.05, 0) is 48.5 Å². The van der Waals surface area contributed by atoms with E-state index in [4.69, 9.17) is 9.47 Å². The van der Waals surface area contributed by atoms with Crippen molar-refractivity contribution in [3.63, 3.8) is 0 Å². The van der Waals surface area contributed by atoms with Crippen LogP contribution in [0.5, 0.6) is 0 Å². The molecule has 0 aliphatic heterocycles. The second kappa shape index (κ2) is 6.30. The average Bonchev–Trinajstić information content (AvgIpc) is 2.07. The minimum atomic E-state index is -1.64. The molecule has 0 saturated carbocycles. The summed E-state index contributed by atoms with van der Waals surface area (Å²) in [7, 11) is 0. The lowest BCUT2D eigenvalue weighted by Crippen LogP contribution is -2.54. The molecule has 0 heterocycles. The van der Waals surface area contributed by atoms with E-state index in [1.165, 1.54) is 6.92 Å². The number of alkyl carbamates (subject to hydrolysis) is 2. The van der Waals surface area contributed by atoms with Gasteiger partial charge in [-0.3, -0.25) is 5.32 Å². The lowest BCUT2D eigenvalue weighted by Gasteiger charge is -2.28. The summed E-state index contributed by atoms with van der Waals surface area (Å²) < 4.78 is 10.0. The Bertz CT molecular complexity index is 353. The molecule has 0 spiro atoms. The first kappa shape index (κ1) is 18.5. The summed E-state index contributed by atoms with van der Waals surface area (Å²) in [6, 6.07) is 0. The van der Waals surface area contributed by atoms with E-state index in [0.717, 1.165) is 0 Å². The minimum Gasteiger partial charge on any atom is -0.444 e. The lowest BCUT2D eigenvalue weighted by molar-refractivity contribution is -0.00576. The van der Waals surface area contributed by atoms with E-state index in [-0.39, 0.29) is 6.54 Å². The van der Waals surface area contributed by atoms with Crippen LogP contribution < -0.4 is 10.6 Å². The molecular weight excluding hydrogens is 264 g/mol. The molecule has 0 fully saturated rings. The summed E-state index contributed by atoms with van der Waals surface area (Å²) >= 11 is 0.